The zero-order valence-corrected chi connectivity index (χ0v) is 9.15. The molecule has 5 heteroatoms. The molecule has 1 aliphatic rings. The lowest BCUT2D eigenvalue weighted by atomic mass is 9.83. The average molecular weight is 223 g/mol. The van der Waals surface area contributed by atoms with Gasteiger partial charge in [-0.05, 0) is 23.5 Å². The molecule has 2 aromatic rings. The van der Waals surface area contributed by atoms with Crippen LogP contribution in [0.4, 0.5) is 0 Å². The number of ether oxygens (including phenoxy) is 1. The number of aromatic nitrogens is 1. The van der Waals surface area contributed by atoms with Crippen LogP contribution in [0.5, 0.6) is 5.95 Å². The Kier molecular flexibility index (Phi) is 2.85. The van der Waals surface area contributed by atoms with Gasteiger partial charge in [0.15, 0.2) is 0 Å². The summed E-state index contributed by atoms with van der Waals surface area (Å²) < 4.78 is 13.9. The van der Waals surface area contributed by atoms with Crippen molar-refractivity contribution < 1.29 is 13.6 Å². The maximum Gasteiger partial charge on any atom is 0.419 e. The zero-order chi connectivity index (χ0) is 11.5. The van der Waals surface area contributed by atoms with Crippen LogP contribution in [0.15, 0.2) is 32.4 Å². The van der Waals surface area contributed by atoms with Gasteiger partial charge in [0.05, 0.1) is 25.8 Å². The van der Waals surface area contributed by atoms with Crippen molar-refractivity contribution in [2.75, 3.05) is 7.11 Å². The highest BCUT2D eigenvalue weighted by Crippen LogP contribution is 2.34. The number of rotatable bonds is 1. The van der Waals surface area contributed by atoms with Gasteiger partial charge in [-0.2, -0.15) is 0 Å². The summed E-state index contributed by atoms with van der Waals surface area (Å²) in [5, 5.41) is 0. The molecule has 0 aliphatic heterocycles. The van der Waals surface area contributed by atoms with E-state index in [4.69, 9.17) is 4.42 Å². The van der Waals surface area contributed by atoms with E-state index in [2.05, 4.69) is 21.1 Å². The van der Waals surface area contributed by atoms with E-state index in [1.165, 1.54) is 30.9 Å². The molecular weight excluding hydrogens is 210 g/mol. The monoisotopic (exact) mass is 223 g/mol. The van der Waals surface area contributed by atoms with Crippen molar-refractivity contribution in [1.29, 1.82) is 0 Å². The Morgan fingerprint density at radius 2 is 2.31 bits per heavy atom. The maximum atomic E-state index is 10.1. The van der Waals surface area contributed by atoms with E-state index in [-0.39, 0.29) is 5.95 Å². The lowest BCUT2D eigenvalue weighted by Gasteiger charge is -2.19. The molecule has 1 aliphatic carbocycles. The molecule has 0 amide bonds. The molecule has 5 nitrogen and oxygen atoms in total. The van der Waals surface area contributed by atoms with Crippen LogP contribution in [0.3, 0.4) is 0 Å². The normalized spacial score (nSPS) is 16.8. The van der Waals surface area contributed by atoms with Crippen molar-refractivity contribution in [3.63, 3.8) is 0 Å². The number of methoxy groups -OCH3 is 1. The summed E-state index contributed by atoms with van der Waals surface area (Å²) in [5.74, 6) is 0.459. The molecule has 0 saturated carbocycles. The summed E-state index contributed by atoms with van der Waals surface area (Å²) in [4.78, 5) is 12.4. The third-order valence-corrected chi connectivity index (χ3v) is 2.54. The molecular formula is C11H13NO4. The van der Waals surface area contributed by atoms with Gasteiger partial charge >= 0.3 is 11.7 Å². The largest absolute Gasteiger partial charge is 0.472 e. The Labute approximate surface area is 92.0 Å². The summed E-state index contributed by atoms with van der Waals surface area (Å²) in [6.07, 6.45) is 6.26. The van der Waals surface area contributed by atoms with Crippen LogP contribution < -0.4 is 10.5 Å². The molecule has 2 aromatic heterocycles. The first-order valence-corrected chi connectivity index (χ1v) is 4.98. The molecule has 0 saturated heterocycles. The van der Waals surface area contributed by atoms with Gasteiger partial charge in [0.2, 0.25) is 0 Å². The number of furan rings is 1. The highest BCUT2D eigenvalue weighted by atomic mass is 16.6. The Hall–Kier alpha value is -1.91. The van der Waals surface area contributed by atoms with Crippen LogP contribution >= 0.6 is 0 Å². The molecule has 2 heterocycles. The maximum absolute atomic E-state index is 10.1. The standard InChI is InChI=1S/C7H8O.C4H5NO3/c1-5-2-6-3-8-4-7(5)6;1-7-3-2-5-4(6)8-3/h3-5H,2H2,1H3;2H,1H3,(H,5,6). The molecule has 0 radical (unpaired) electrons. The highest BCUT2D eigenvalue weighted by molar-refractivity contribution is 5.34. The summed E-state index contributed by atoms with van der Waals surface area (Å²) in [6, 6.07) is 0. The molecule has 86 valence electrons. The first kappa shape index (κ1) is 10.6. The van der Waals surface area contributed by atoms with Gasteiger partial charge in [-0.1, -0.05) is 6.92 Å². The molecule has 1 unspecified atom stereocenters. The van der Waals surface area contributed by atoms with Crippen LogP contribution in [-0.4, -0.2) is 12.1 Å². The van der Waals surface area contributed by atoms with Gasteiger partial charge in [0.1, 0.15) is 0 Å². The minimum absolute atomic E-state index is 0.204. The minimum atomic E-state index is -0.498. The van der Waals surface area contributed by atoms with Crippen LogP contribution in [0, 0.1) is 0 Å². The predicted molar refractivity (Wildman–Crippen MR) is 56.7 cm³/mol. The van der Waals surface area contributed by atoms with E-state index in [0.29, 0.717) is 0 Å². The summed E-state index contributed by atoms with van der Waals surface area (Å²) in [7, 11) is 1.42. The first-order valence-electron chi connectivity index (χ1n) is 4.98. The van der Waals surface area contributed by atoms with Crippen molar-refractivity contribution >= 4 is 0 Å². The number of aromatic amines is 1. The van der Waals surface area contributed by atoms with Crippen LogP contribution in [0.25, 0.3) is 0 Å². The number of nitrogens with one attached hydrogen (secondary N) is 1. The van der Waals surface area contributed by atoms with Gasteiger partial charge in [0, 0.05) is 0 Å². The average Bonchev–Trinajstić information content (AvgIpc) is 2.84. The first-order chi connectivity index (χ1) is 7.70. The fraction of sp³-hybridized carbons (Fsp3) is 0.364. The van der Waals surface area contributed by atoms with E-state index in [1.54, 1.807) is 0 Å². The van der Waals surface area contributed by atoms with Gasteiger partial charge < -0.3 is 13.6 Å². The SMILES string of the molecule is CC1Cc2cocc21.COc1c[nH]c(=O)o1. The van der Waals surface area contributed by atoms with E-state index in [1.807, 2.05) is 12.5 Å². The number of H-pyrrole nitrogens is 1. The molecule has 3 rings (SSSR count). The van der Waals surface area contributed by atoms with Crippen molar-refractivity contribution in [3.05, 3.63) is 40.4 Å². The molecule has 16 heavy (non-hydrogen) atoms. The number of hydrogen-bond donors (Lipinski definition) is 1. The van der Waals surface area contributed by atoms with E-state index in [9.17, 15) is 4.79 Å². The Morgan fingerprint density at radius 1 is 1.50 bits per heavy atom. The quantitative estimate of drug-likeness (QED) is 0.801. The van der Waals surface area contributed by atoms with E-state index in [0.717, 1.165) is 5.92 Å². The summed E-state index contributed by atoms with van der Waals surface area (Å²) >= 11 is 0. The van der Waals surface area contributed by atoms with Crippen molar-refractivity contribution in [2.45, 2.75) is 19.3 Å². The van der Waals surface area contributed by atoms with Crippen LogP contribution in [0.2, 0.25) is 0 Å². The molecule has 1 N–H and O–H groups in total. The van der Waals surface area contributed by atoms with Gasteiger partial charge in [-0.25, -0.2) is 4.79 Å². The Balaban J connectivity index is 0.000000120. The molecule has 0 spiro atoms. The van der Waals surface area contributed by atoms with Crippen LogP contribution in [0.1, 0.15) is 24.0 Å². The summed E-state index contributed by atoms with van der Waals surface area (Å²) in [6.45, 7) is 2.22. The third-order valence-electron chi connectivity index (χ3n) is 2.54. The van der Waals surface area contributed by atoms with E-state index < -0.39 is 5.76 Å². The number of hydrogen-bond acceptors (Lipinski definition) is 4. The van der Waals surface area contributed by atoms with E-state index >= 15 is 0 Å². The van der Waals surface area contributed by atoms with Gasteiger partial charge in [0.25, 0.3) is 0 Å². The van der Waals surface area contributed by atoms with Crippen molar-refractivity contribution in [2.24, 2.45) is 0 Å². The van der Waals surface area contributed by atoms with Crippen molar-refractivity contribution in [1.82, 2.24) is 4.98 Å². The molecule has 1 atom stereocenters. The second kappa shape index (κ2) is 4.30. The smallest absolute Gasteiger partial charge is 0.419 e. The minimum Gasteiger partial charge on any atom is -0.472 e. The van der Waals surface area contributed by atoms with Crippen molar-refractivity contribution in [3.8, 4) is 5.95 Å². The lowest BCUT2D eigenvalue weighted by Crippen LogP contribution is -2.09. The van der Waals surface area contributed by atoms with Gasteiger partial charge in [-0.15, -0.1) is 0 Å². The zero-order valence-electron chi connectivity index (χ0n) is 9.15. The fourth-order valence-corrected chi connectivity index (χ4v) is 1.61. The second-order valence-electron chi connectivity index (χ2n) is 3.66. The molecule has 0 bridgehead atoms. The third kappa shape index (κ3) is 2.03. The fourth-order valence-electron chi connectivity index (χ4n) is 1.61. The number of oxazole rings is 1. The lowest BCUT2D eigenvalue weighted by molar-refractivity contribution is 0.295. The molecule has 0 aromatic carbocycles. The summed E-state index contributed by atoms with van der Waals surface area (Å²) in [5.41, 5.74) is 2.81. The second-order valence-corrected chi connectivity index (χ2v) is 3.66. The number of fused-ring (bicyclic) bond motifs is 1. The Morgan fingerprint density at radius 3 is 2.69 bits per heavy atom. The Bertz CT molecular complexity index is 508. The predicted octanol–water partition coefficient (Wildman–Crippen LogP) is 1.92. The molecule has 0 fully saturated rings. The van der Waals surface area contributed by atoms with Crippen LogP contribution in [-0.2, 0) is 6.42 Å². The highest BCUT2D eigenvalue weighted by Gasteiger charge is 2.23. The topological polar surface area (TPSA) is 68.4 Å². The van der Waals surface area contributed by atoms with Gasteiger partial charge in [-0.3, -0.25) is 4.98 Å².